The van der Waals surface area contributed by atoms with Crippen LogP contribution in [0.4, 0.5) is 0 Å². The van der Waals surface area contributed by atoms with Crippen LogP contribution in [0.5, 0.6) is 0 Å². The molecule has 0 saturated heterocycles. The van der Waals surface area contributed by atoms with Gasteiger partial charge in [0, 0.05) is 6.42 Å². The lowest BCUT2D eigenvalue weighted by atomic mass is 10.0. The highest BCUT2D eigenvalue weighted by Gasteiger charge is 2.31. The Labute approximate surface area is 103 Å². The second kappa shape index (κ2) is 4.60. The lowest BCUT2D eigenvalue weighted by molar-refractivity contribution is -0.139. The van der Waals surface area contributed by atoms with Crippen molar-refractivity contribution in [2.45, 2.75) is 18.2 Å². The first kappa shape index (κ1) is 12.6. The van der Waals surface area contributed by atoms with Crippen molar-refractivity contribution in [3.8, 4) is 0 Å². The fraction of sp³-hybridized carbons (Fsp3) is 0.300. The van der Waals surface area contributed by atoms with Crippen molar-refractivity contribution < 1.29 is 9.90 Å². The van der Waals surface area contributed by atoms with Gasteiger partial charge in [-0.15, -0.1) is 11.6 Å². The number of aliphatic carboxylic acids is 1. The predicted molar refractivity (Wildman–Crippen MR) is 62.1 cm³/mol. The van der Waals surface area contributed by atoms with Gasteiger partial charge in [0.1, 0.15) is 4.87 Å². The molecular formula is C10H9Cl3O2. The molecule has 1 atom stereocenters. The van der Waals surface area contributed by atoms with E-state index in [2.05, 4.69) is 0 Å². The molecule has 0 amide bonds. The minimum Gasteiger partial charge on any atom is -0.480 e. The zero-order valence-corrected chi connectivity index (χ0v) is 10.2. The SMILES string of the molecule is CC(Cl)(Cc1cccc(Cl)c1Cl)C(=O)O. The van der Waals surface area contributed by atoms with Crippen molar-refractivity contribution in [1.82, 2.24) is 0 Å². The number of hydrogen-bond acceptors (Lipinski definition) is 1. The Morgan fingerprint density at radius 2 is 2.07 bits per heavy atom. The van der Waals surface area contributed by atoms with Gasteiger partial charge in [0.15, 0.2) is 0 Å². The molecule has 82 valence electrons. The summed E-state index contributed by atoms with van der Waals surface area (Å²) in [4.78, 5) is 9.45. The fourth-order valence-corrected chi connectivity index (χ4v) is 1.65. The van der Waals surface area contributed by atoms with E-state index in [1.807, 2.05) is 0 Å². The normalized spacial score (nSPS) is 14.7. The molecule has 2 nitrogen and oxygen atoms in total. The molecule has 1 aromatic carbocycles. The summed E-state index contributed by atoms with van der Waals surface area (Å²) in [6, 6.07) is 5.05. The molecule has 1 rings (SSSR count). The first-order chi connectivity index (χ1) is 6.84. The van der Waals surface area contributed by atoms with Crippen LogP contribution in [0, 0.1) is 0 Å². The minimum atomic E-state index is -1.37. The monoisotopic (exact) mass is 266 g/mol. The van der Waals surface area contributed by atoms with Crippen LogP contribution in [0.25, 0.3) is 0 Å². The topological polar surface area (TPSA) is 37.3 Å². The van der Waals surface area contributed by atoms with Gasteiger partial charge in [-0.05, 0) is 18.6 Å². The van der Waals surface area contributed by atoms with Gasteiger partial charge >= 0.3 is 5.97 Å². The number of halogens is 3. The summed E-state index contributed by atoms with van der Waals surface area (Å²) < 4.78 is 0. The molecule has 0 aliphatic carbocycles. The fourth-order valence-electron chi connectivity index (χ4n) is 1.12. The number of carbonyl (C=O) groups is 1. The zero-order valence-electron chi connectivity index (χ0n) is 7.93. The molecule has 1 unspecified atom stereocenters. The van der Waals surface area contributed by atoms with Gasteiger partial charge in [0.25, 0.3) is 0 Å². The molecular weight excluding hydrogens is 258 g/mol. The van der Waals surface area contributed by atoms with Crippen molar-refractivity contribution >= 4 is 40.8 Å². The van der Waals surface area contributed by atoms with E-state index in [4.69, 9.17) is 39.9 Å². The Hall–Kier alpha value is -0.440. The van der Waals surface area contributed by atoms with E-state index < -0.39 is 10.8 Å². The van der Waals surface area contributed by atoms with Gasteiger partial charge in [0.05, 0.1) is 10.0 Å². The van der Waals surface area contributed by atoms with E-state index in [0.717, 1.165) is 0 Å². The second-order valence-corrected chi connectivity index (χ2v) is 5.01. The molecule has 0 saturated carbocycles. The number of alkyl halides is 1. The van der Waals surface area contributed by atoms with Crippen molar-refractivity contribution in [2.24, 2.45) is 0 Å². The van der Waals surface area contributed by atoms with Crippen molar-refractivity contribution in [3.05, 3.63) is 33.8 Å². The molecule has 5 heteroatoms. The maximum atomic E-state index is 10.8. The predicted octanol–water partition coefficient (Wildman–Crippen LogP) is 3.62. The van der Waals surface area contributed by atoms with Crippen molar-refractivity contribution in [2.75, 3.05) is 0 Å². The summed E-state index contributed by atoms with van der Waals surface area (Å²) >= 11 is 17.5. The van der Waals surface area contributed by atoms with Gasteiger partial charge in [0.2, 0.25) is 0 Å². The van der Waals surface area contributed by atoms with E-state index in [1.54, 1.807) is 18.2 Å². The zero-order chi connectivity index (χ0) is 11.6. The van der Waals surface area contributed by atoms with Gasteiger partial charge in [-0.3, -0.25) is 4.79 Å². The van der Waals surface area contributed by atoms with E-state index in [0.29, 0.717) is 15.6 Å². The van der Waals surface area contributed by atoms with Crippen LogP contribution in [0.15, 0.2) is 18.2 Å². The smallest absolute Gasteiger partial charge is 0.324 e. The Kier molecular flexibility index (Phi) is 3.87. The summed E-state index contributed by atoms with van der Waals surface area (Å²) in [6.07, 6.45) is 0.128. The number of benzene rings is 1. The number of carboxylic acids is 1. The summed E-state index contributed by atoms with van der Waals surface area (Å²) in [5.74, 6) is -1.08. The molecule has 0 aliphatic heterocycles. The first-order valence-corrected chi connectivity index (χ1v) is 5.33. The molecule has 1 N–H and O–H groups in total. The highest BCUT2D eigenvalue weighted by Crippen LogP contribution is 2.30. The molecule has 0 spiro atoms. The minimum absolute atomic E-state index is 0.128. The molecule has 0 radical (unpaired) electrons. The average molecular weight is 268 g/mol. The molecule has 0 heterocycles. The van der Waals surface area contributed by atoms with Gasteiger partial charge in [-0.2, -0.15) is 0 Å². The standard InChI is InChI=1S/C10H9Cl3O2/c1-10(13,9(14)15)5-6-3-2-4-7(11)8(6)12/h2-4H,5H2,1H3,(H,14,15). The number of rotatable bonds is 3. The molecule has 0 fully saturated rings. The van der Waals surface area contributed by atoms with Crippen LogP contribution in [-0.2, 0) is 11.2 Å². The average Bonchev–Trinajstić information content (AvgIpc) is 2.12. The third kappa shape index (κ3) is 3.00. The van der Waals surface area contributed by atoms with Crippen LogP contribution >= 0.6 is 34.8 Å². The number of carboxylic acid groups (broad SMARTS) is 1. The Bertz CT molecular complexity index is 388. The highest BCUT2D eigenvalue weighted by molar-refractivity contribution is 6.42. The van der Waals surface area contributed by atoms with Crippen LogP contribution in [0.2, 0.25) is 10.0 Å². The second-order valence-electron chi connectivity index (χ2n) is 3.39. The molecule has 15 heavy (non-hydrogen) atoms. The maximum absolute atomic E-state index is 10.8. The van der Waals surface area contributed by atoms with Crippen molar-refractivity contribution in [3.63, 3.8) is 0 Å². The number of hydrogen-bond donors (Lipinski definition) is 1. The molecule has 0 aromatic heterocycles. The van der Waals surface area contributed by atoms with Gasteiger partial charge in [-0.1, -0.05) is 35.3 Å². The van der Waals surface area contributed by atoms with E-state index in [9.17, 15) is 4.79 Å². The molecule has 0 bridgehead atoms. The van der Waals surface area contributed by atoms with Crippen molar-refractivity contribution in [1.29, 1.82) is 0 Å². The van der Waals surface area contributed by atoms with Crippen LogP contribution < -0.4 is 0 Å². The highest BCUT2D eigenvalue weighted by atomic mass is 35.5. The van der Waals surface area contributed by atoms with Gasteiger partial charge in [-0.25, -0.2) is 0 Å². The summed E-state index contributed by atoms with van der Waals surface area (Å²) in [7, 11) is 0. The summed E-state index contributed by atoms with van der Waals surface area (Å²) in [6.45, 7) is 1.42. The molecule has 1 aromatic rings. The lowest BCUT2D eigenvalue weighted by Gasteiger charge is -2.17. The summed E-state index contributed by atoms with van der Waals surface area (Å²) in [5.41, 5.74) is 0.629. The van der Waals surface area contributed by atoms with Crippen LogP contribution in [0.3, 0.4) is 0 Å². The van der Waals surface area contributed by atoms with E-state index in [-0.39, 0.29) is 6.42 Å². The quantitative estimate of drug-likeness (QED) is 0.849. The largest absolute Gasteiger partial charge is 0.480 e. The van der Waals surface area contributed by atoms with Gasteiger partial charge < -0.3 is 5.11 Å². The van der Waals surface area contributed by atoms with E-state index in [1.165, 1.54) is 6.92 Å². The maximum Gasteiger partial charge on any atom is 0.324 e. The van der Waals surface area contributed by atoms with Crippen LogP contribution in [0.1, 0.15) is 12.5 Å². The molecule has 0 aliphatic rings. The van der Waals surface area contributed by atoms with E-state index >= 15 is 0 Å². The third-order valence-electron chi connectivity index (χ3n) is 2.00. The Morgan fingerprint density at radius 1 is 1.47 bits per heavy atom. The summed E-state index contributed by atoms with van der Waals surface area (Å²) in [5, 5.41) is 9.60. The lowest BCUT2D eigenvalue weighted by Crippen LogP contribution is -2.31. The third-order valence-corrected chi connectivity index (χ3v) is 3.15. The first-order valence-electron chi connectivity index (χ1n) is 4.20. The Morgan fingerprint density at radius 3 is 2.60 bits per heavy atom. The van der Waals surface area contributed by atoms with Crippen LogP contribution in [-0.4, -0.2) is 16.0 Å². The Balaban J connectivity index is 3.00.